The number of nitrogens with zero attached hydrogens (tertiary/aromatic N) is 1. The first-order valence-corrected chi connectivity index (χ1v) is 6.80. The molecule has 0 N–H and O–H groups in total. The second-order valence-electron chi connectivity index (χ2n) is 4.31. The van der Waals surface area contributed by atoms with Crippen molar-refractivity contribution in [1.29, 1.82) is 0 Å². The molecule has 0 aliphatic rings. The number of benzene rings is 2. The van der Waals surface area contributed by atoms with E-state index < -0.39 is 17.6 Å². The van der Waals surface area contributed by atoms with E-state index in [1.54, 1.807) is 0 Å². The molecular weight excluding hydrogens is 335 g/mol. The Labute approximate surface area is 135 Å². The zero-order valence-electron chi connectivity index (χ0n) is 11.2. The first-order valence-electron chi connectivity index (χ1n) is 6.05. The summed E-state index contributed by atoms with van der Waals surface area (Å²) in [6.07, 6.45) is 0. The van der Waals surface area contributed by atoms with Crippen LogP contribution in [0.1, 0.15) is 22.8 Å². The van der Waals surface area contributed by atoms with Crippen LogP contribution < -0.4 is 0 Å². The van der Waals surface area contributed by atoms with Gasteiger partial charge in [0.25, 0.3) is 0 Å². The summed E-state index contributed by atoms with van der Waals surface area (Å²) in [7, 11) is 0. The highest BCUT2D eigenvalue weighted by Crippen LogP contribution is 2.23. The monoisotopic (exact) mass is 343 g/mol. The summed E-state index contributed by atoms with van der Waals surface area (Å²) in [5.74, 6) is -2.73. The van der Waals surface area contributed by atoms with Gasteiger partial charge in [-0.1, -0.05) is 28.4 Å². The van der Waals surface area contributed by atoms with Crippen molar-refractivity contribution >= 4 is 34.9 Å². The minimum Gasteiger partial charge on any atom is -0.313 e. The van der Waals surface area contributed by atoms with Crippen LogP contribution in [-0.4, -0.2) is 11.7 Å². The summed E-state index contributed by atoms with van der Waals surface area (Å²) >= 11 is 11.5. The van der Waals surface area contributed by atoms with Crippen molar-refractivity contribution in [2.24, 2.45) is 5.16 Å². The Kier molecular flexibility index (Phi) is 5.11. The first-order chi connectivity index (χ1) is 10.4. The van der Waals surface area contributed by atoms with E-state index in [0.717, 1.165) is 12.1 Å². The molecule has 0 bridgehead atoms. The summed E-state index contributed by atoms with van der Waals surface area (Å²) in [6.45, 7) is 1.49. The molecule has 2 aromatic carbocycles. The molecule has 22 heavy (non-hydrogen) atoms. The molecule has 0 aliphatic carbocycles. The Bertz CT molecular complexity index is 763. The van der Waals surface area contributed by atoms with Gasteiger partial charge in [-0.2, -0.15) is 0 Å². The lowest BCUT2D eigenvalue weighted by Crippen LogP contribution is -2.04. The standard InChI is InChI=1S/C15H9Cl2F2NO2/c1-8(9-3-5-13(18)14(19)7-9)20-22-15(21)10-2-4-11(16)12(17)6-10/h2-7H,1H3/b20-8+. The predicted octanol–water partition coefficient (Wildman–Crippen LogP) is 4.85. The fraction of sp³-hybridized carbons (Fsp3) is 0.0667. The summed E-state index contributed by atoms with van der Waals surface area (Å²) < 4.78 is 26.0. The molecule has 0 saturated heterocycles. The third-order valence-corrected chi connectivity index (χ3v) is 3.50. The maximum atomic E-state index is 13.1. The maximum Gasteiger partial charge on any atom is 0.365 e. The normalized spacial score (nSPS) is 11.4. The lowest BCUT2D eigenvalue weighted by Gasteiger charge is -2.03. The van der Waals surface area contributed by atoms with Gasteiger partial charge in [-0.25, -0.2) is 13.6 Å². The molecule has 0 spiro atoms. The van der Waals surface area contributed by atoms with E-state index in [4.69, 9.17) is 28.0 Å². The summed E-state index contributed by atoms with van der Waals surface area (Å²) in [4.78, 5) is 16.5. The van der Waals surface area contributed by atoms with Crippen molar-refractivity contribution in [2.75, 3.05) is 0 Å². The number of oxime groups is 1. The number of halogens is 4. The van der Waals surface area contributed by atoms with Crippen LogP contribution in [-0.2, 0) is 4.84 Å². The van der Waals surface area contributed by atoms with Gasteiger partial charge in [0, 0.05) is 5.56 Å². The minimum absolute atomic E-state index is 0.163. The van der Waals surface area contributed by atoms with Gasteiger partial charge in [0.2, 0.25) is 0 Å². The van der Waals surface area contributed by atoms with Gasteiger partial charge < -0.3 is 4.84 Å². The Balaban J connectivity index is 2.14. The first kappa shape index (κ1) is 16.4. The van der Waals surface area contributed by atoms with Gasteiger partial charge in [0.05, 0.1) is 21.3 Å². The molecule has 0 radical (unpaired) electrons. The predicted molar refractivity (Wildman–Crippen MR) is 80.4 cm³/mol. The Morgan fingerprint density at radius 3 is 2.32 bits per heavy atom. The fourth-order valence-electron chi connectivity index (χ4n) is 1.56. The van der Waals surface area contributed by atoms with E-state index in [2.05, 4.69) is 5.16 Å². The molecule has 0 fully saturated rings. The van der Waals surface area contributed by atoms with Crippen molar-refractivity contribution in [3.05, 3.63) is 69.2 Å². The van der Waals surface area contributed by atoms with Crippen molar-refractivity contribution in [1.82, 2.24) is 0 Å². The molecule has 0 heterocycles. The number of rotatable bonds is 3. The van der Waals surface area contributed by atoms with Crippen LogP contribution in [0.25, 0.3) is 0 Å². The average molecular weight is 344 g/mol. The molecule has 7 heteroatoms. The van der Waals surface area contributed by atoms with Crippen LogP contribution in [0, 0.1) is 11.6 Å². The smallest absolute Gasteiger partial charge is 0.313 e. The van der Waals surface area contributed by atoms with Crippen LogP contribution in [0.4, 0.5) is 8.78 Å². The summed E-state index contributed by atoms with van der Waals surface area (Å²) in [6, 6.07) is 7.47. The van der Waals surface area contributed by atoms with Crippen molar-refractivity contribution in [3.8, 4) is 0 Å². The van der Waals surface area contributed by atoms with E-state index in [1.807, 2.05) is 0 Å². The van der Waals surface area contributed by atoms with E-state index in [9.17, 15) is 13.6 Å². The van der Waals surface area contributed by atoms with E-state index in [0.29, 0.717) is 10.6 Å². The molecule has 0 aliphatic heterocycles. The second-order valence-corrected chi connectivity index (χ2v) is 5.13. The second kappa shape index (κ2) is 6.85. The molecule has 0 saturated carbocycles. The molecule has 0 aromatic heterocycles. The quantitative estimate of drug-likeness (QED) is 0.453. The highest BCUT2D eigenvalue weighted by atomic mass is 35.5. The SMILES string of the molecule is C/C(=N\OC(=O)c1ccc(Cl)c(Cl)c1)c1ccc(F)c(F)c1. The molecule has 3 nitrogen and oxygen atoms in total. The lowest BCUT2D eigenvalue weighted by molar-refractivity contribution is 0.0516. The highest BCUT2D eigenvalue weighted by molar-refractivity contribution is 6.42. The number of hydrogen-bond acceptors (Lipinski definition) is 3. The van der Waals surface area contributed by atoms with Gasteiger partial charge in [-0.15, -0.1) is 0 Å². The number of carbonyl (C=O) groups excluding carboxylic acids is 1. The zero-order valence-corrected chi connectivity index (χ0v) is 12.8. The molecule has 0 unspecified atom stereocenters. The van der Waals surface area contributed by atoms with Crippen LogP contribution in [0.15, 0.2) is 41.6 Å². The average Bonchev–Trinajstić information content (AvgIpc) is 2.50. The molecule has 2 aromatic rings. The van der Waals surface area contributed by atoms with Gasteiger partial charge in [0.1, 0.15) is 0 Å². The summed E-state index contributed by atoms with van der Waals surface area (Å²) in [5, 5.41) is 4.11. The van der Waals surface area contributed by atoms with E-state index in [-0.39, 0.29) is 16.3 Å². The van der Waals surface area contributed by atoms with E-state index >= 15 is 0 Å². The van der Waals surface area contributed by atoms with Crippen molar-refractivity contribution < 1.29 is 18.4 Å². The molecule has 114 valence electrons. The van der Waals surface area contributed by atoms with Crippen LogP contribution >= 0.6 is 23.2 Å². The van der Waals surface area contributed by atoms with Crippen molar-refractivity contribution in [2.45, 2.75) is 6.92 Å². The maximum absolute atomic E-state index is 13.1. The summed E-state index contributed by atoms with van der Waals surface area (Å²) in [5.41, 5.74) is 0.671. The van der Waals surface area contributed by atoms with Crippen LogP contribution in [0.5, 0.6) is 0 Å². The van der Waals surface area contributed by atoms with Crippen LogP contribution in [0.2, 0.25) is 10.0 Å². The lowest BCUT2D eigenvalue weighted by atomic mass is 10.1. The van der Waals surface area contributed by atoms with Gasteiger partial charge in [-0.3, -0.25) is 0 Å². The largest absolute Gasteiger partial charge is 0.365 e. The minimum atomic E-state index is -1.01. The Hall–Kier alpha value is -1.98. The van der Waals surface area contributed by atoms with Gasteiger partial charge in [-0.05, 0) is 43.3 Å². The third kappa shape index (κ3) is 3.81. The Morgan fingerprint density at radius 2 is 1.68 bits per heavy atom. The van der Waals surface area contributed by atoms with Gasteiger partial charge in [0.15, 0.2) is 11.6 Å². The van der Waals surface area contributed by atoms with Gasteiger partial charge >= 0.3 is 5.97 Å². The topological polar surface area (TPSA) is 38.7 Å². The number of hydrogen-bond donors (Lipinski definition) is 0. The zero-order chi connectivity index (χ0) is 16.3. The molecule has 0 amide bonds. The number of carbonyl (C=O) groups is 1. The van der Waals surface area contributed by atoms with Crippen LogP contribution in [0.3, 0.4) is 0 Å². The molecular formula is C15H9Cl2F2NO2. The van der Waals surface area contributed by atoms with E-state index in [1.165, 1.54) is 31.2 Å². The third-order valence-electron chi connectivity index (χ3n) is 2.76. The fourth-order valence-corrected chi connectivity index (χ4v) is 1.86. The highest BCUT2D eigenvalue weighted by Gasteiger charge is 2.11. The molecule has 0 atom stereocenters. The molecule has 2 rings (SSSR count). The Morgan fingerprint density at radius 1 is 1.00 bits per heavy atom. The van der Waals surface area contributed by atoms with Crippen molar-refractivity contribution in [3.63, 3.8) is 0 Å².